The maximum Gasteiger partial charge on any atom is 0.332 e. The number of rotatable bonds is 6. The fourth-order valence-corrected chi connectivity index (χ4v) is 1.64. The Morgan fingerprint density at radius 1 is 1.40 bits per heavy atom. The third-order valence-electron chi connectivity index (χ3n) is 2.59. The van der Waals surface area contributed by atoms with Gasteiger partial charge in [0.05, 0.1) is 19.1 Å². The molecular formula is C14H17N3O3. The zero-order chi connectivity index (χ0) is 15.0. The third kappa shape index (κ3) is 4.07. The van der Waals surface area contributed by atoms with Crippen LogP contribution in [0.5, 0.6) is 0 Å². The molecule has 1 rings (SSSR count). The Kier molecular flexibility index (Phi) is 6.20. The molecule has 0 aliphatic carbocycles. The van der Waals surface area contributed by atoms with E-state index in [2.05, 4.69) is 0 Å². The van der Waals surface area contributed by atoms with Gasteiger partial charge in [0.1, 0.15) is 0 Å². The predicted molar refractivity (Wildman–Crippen MR) is 73.6 cm³/mol. The lowest BCUT2D eigenvalue weighted by atomic mass is 10.2. The fourth-order valence-electron chi connectivity index (χ4n) is 1.64. The number of nitriles is 1. The van der Waals surface area contributed by atoms with E-state index in [1.54, 1.807) is 31.2 Å². The smallest absolute Gasteiger partial charge is 0.332 e. The topological polar surface area (TPSA) is 96.4 Å². The molecule has 6 nitrogen and oxygen atoms in total. The van der Waals surface area contributed by atoms with E-state index >= 15 is 0 Å². The summed E-state index contributed by atoms with van der Waals surface area (Å²) in [5, 5.41) is 8.67. The monoisotopic (exact) mass is 275 g/mol. The van der Waals surface area contributed by atoms with E-state index < -0.39 is 17.9 Å². The summed E-state index contributed by atoms with van der Waals surface area (Å²) in [5.74, 6) is -1.35. The molecule has 1 aromatic carbocycles. The fraction of sp³-hybridized carbons (Fsp3) is 0.357. The van der Waals surface area contributed by atoms with Crippen LogP contribution in [0.3, 0.4) is 0 Å². The number of nitrogens with two attached hydrogens (primary N) is 1. The average Bonchev–Trinajstić information content (AvgIpc) is 2.48. The van der Waals surface area contributed by atoms with Crippen molar-refractivity contribution in [1.82, 2.24) is 0 Å². The van der Waals surface area contributed by atoms with E-state index in [4.69, 9.17) is 15.7 Å². The van der Waals surface area contributed by atoms with Gasteiger partial charge in [0, 0.05) is 12.2 Å². The second-order valence-corrected chi connectivity index (χ2v) is 3.96. The van der Waals surface area contributed by atoms with Gasteiger partial charge in [-0.25, -0.2) is 4.79 Å². The van der Waals surface area contributed by atoms with Crippen LogP contribution in [-0.4, -0.2) is 31.1 Å². The molecule has 1 aromatic rings. The molecule has 0 aliphatic heterocycles. The molecule has 0 bridgehead atoms. The summed E-state index contributed by atoms with van der Waals surface area (Å²) >= 11 is 0. The van der Waals surface area contributed by atoms with Crippen molar-refractivity contribution in [3.63, 3.8) is 0 Å². The van der Waals surface area contributed by atoms with Crippen LogP contribution in [0, 0.1) is 11.3 Å². The largest absolute Gasteiger partial charge is 0.464 e. The summed E-state index contributed by atoms with van der Waals surface area (Å²) in [7, 11) is 0. The molecule has 6 heteroatoms. The Hall–Kier alpha value is -2.39. The van der Waals surface area contributed by atoms with Gasteiger partial charge in [-0.2, -0.15) is 5.26 Å². The minimum atomic E-state index is -1.38. The number of amides is 1. The summed E-state index contributed by atoms with van der Waals surface area (Å²) in [6, 6.07) is 9.35. The molecule has 1 amide bonds. The number of para-hydroxylation sites is 1. The van der Waals surface area contributed by atoms with Crippen molar-refractivity contribution >= 4 is 17.6 Å². The molecular weight excluding hydrogens is 258 g/mol. The van der Waals surface area contributed by atoms with E-state index in [1.165, 1.54) is 4.90 Å². The van der Waals surface area contributed by atoms with Gasteiger partial charge in [-0.1, -0.05) is 18.2 Å². The molecule has 0 fully saturated rings. The van der Waals surface area contributed by atoms with E-state index in [9.17, 15) is 9.59 Å². The second-order valence-electron chi connectivity index (χ2n) is 3.96. The van der Waals surface area contributed by atoms with Crippen LogP contribution in [0.25, 0.3) is 0 Å². The second kappa shape index (κ2) is 7.92. The van der Waals surface area contributed by atoms with Gasteiger partial charge in [0.15, 0.2) is 6.04 Å². The van der Waals surface area contributed by atoms with Crippen LogP contribution < -0.4 is 10.6 Å². The van der Waals surface area contributed by atoms with Gasteiger partial charge in [0.2, 0.25) is 0 Å². The van der Waals surface area contributed by atoms with Crippen molar-refractivity contribution in [3.8, 4) is 6.07 Å². The normalized spacial score (nSPS) is 11.2. The maximum atomic E-state index is 12.3. The van der Waals surface area contributed by atoms with E-state index in [-0.39, 0.29) is 19.6 Å². The minimum absolute atomic E-state index is 0.149. The highest BCUT2D eigenvalue weighted by atomic mass is 16.5. The van der Waals surface area contributed by atoms with E-state index in [0.717, 1.165) is 0 Å². The molecule has 0 radical (unpaired) electrons. The van der Waals surface area contributed by atoms with Gasteiger partial charge in [-0.05, 0) is 19.1 Å². The molecule has 0 aromatic heterocycles. The highest BCUT2D eigenvalue weighted by Gasteiger charge is 2.28. The summed E-state index contributed by atoms with van der Waals surface area (Å²) in [6.45, 7) is 1.97. The third-order valence-corrected chi connectivity index (χ3v) is 2.59. The lowest BCUT2D eigenvalue weighted by Gasteiger charge is -2.24. The maximum absolute atomic E-state index is 12.3. The van der Waals surface area contributed by atoms with Crippen molar-refractivity contribution in [3.05, 3.63) is 30.3 Å². The molecule has 2 N–H and O–H groups in total. The Morgan fingerprint density at radius 3 is 2.60 bits per heavy atom. The van der Waals surface area contributed by atoms with Gasteiger partial charge < -0.3 is 15.4 Å². The van der Waals surface area contributed by atoms with Gasteiger partial charge >= 0.3 is 5.97 Å². The number of hydrogen-bond donors (Lipinski definition) is 1. The zero-order valence-electron chi connectivity index (χ0n) is 11.3. The lowest BCUT2D eigenvalue weighted by Crippen LogP contribution is -2.49. The highest BCUT2D eigenvalue weighted by Crippen LogP contribution is 2.15. The Bertz CT molecular complexity index is 496. The van der Waals surface area contributed by atoms with Crippen LogP contribution in [0.4, 0.5) is 5.69 Å². The number of nitrogens with zero attached hydrogens (tertiary/aromatic N) is 2. The van der Waals surface area contributed by atoms with Crippen LogP contribution in [0.2, 0.25) is 0 Å². The quantitative estimate of drug-likeness (QED) is 0.612. The molecule has 0 saturated carbocycles. The van der Waals surface area contributed by atoms with Crippen LogP contribution in [-0.2, 0) is 14.3 Å². The van der Waals surface area contributed by atoms with Gasteiger partial charge in [0.25, 0.3) is 5.91 Å². The first-order valence-electron chi connectivity index (χ1n) is 6.27. The summed E-state index contributed by atoms with van der Waals surface area (Å²) in [6.07, 6.45) is 0.149. The van der Waals surface area contributed by atoms with Crippen LogP contribution in [0.15, 0.2) is 30.3 Å². The standard InChI is InChI=1S/C14H17N3O3/c1-2-20-14(19)12(16)13(18)17(10-6-9-15)11-7-4-3-5-8-11/h3-5,7-8,12H,2,6,10,16H2,1H3. The zero-order valence-corrected chi connectivity index (χ0v) is 11.3. The molecule has 0 aliphatic rings. The first-order valence-corrected chi connectivity index (χ1v) is 6.27. The average molecular weight is 275 g/mol. The molecule has 0 spiro atoms. The summed E-state index contributed by atoms with van der Waals surface area (Å²) in [4.78, 5) is 25.1. The van der Waals surface area contributed by atoms with E-state index in [1.807, 2.05) is 12.1 Å². The van der Waals surface area contributed by atoms with Crippen LogP contribution in [0.1, 0.15) is 13.3 Å². The van der Waals surface area contributed by atoms with Crippen molar-refractivity contribution in [2.75, 3.05) is 18.1 Å². The number of benzene rings is 1. The first-order chi connectivity index (χ1) is 9.61. The predicted octanol–water partition coefficient (Wildman–Crippen LogP) is 0.824. The molecule has 1 atom stereocenters. The number of carbonyl (C=O) groups is 2. The molecule has 106 valence electrons. The van der Waals surface area contributed by atoms with Crippen molar-refractivity contribution < 1.29 is 14.3 Å². The molecule has 20 heavy (non-hydrogen) atoms. The van der Waals surface area contributed by atoms with E-state index in [0.29, 0.717) is 5.69 Å². The van der Waals surface area contributed by atoms with Gasteiger partial charge in [-0.15, -0.1) is 0 Å². The van der Waals surface area contributed by atoms with Gasteiger partial charge in [-0.3, -0.25) is 4.79 Å². The number of anilines is 1. The minimum Gasteiger partial charge on any atom is -0.464 e. The van der Waals surface area contributed by atoms with Crippen molar-refractivity contribution in [2.45, 2.75) is 19.4 Å². The van der Waals surface area contributed by atoms with Crippen molar-refractivity contribution in [1.29, 1.82) is 5.26 Å². The number of hydrogen-bond acceptors (Lipinski definition) is 5. The number of carbonyl (C=O) groups excluding carboxylic acids is 2. The first kappa shape index (κ1) is 15.7. The summed E-state index contributed by atoms with van der Waals surface area (Å²) < 4.78 is 4.74. The number of ether oxygens (including phenoxy) is 1. The molecule has 0 heterocycles. The van der Waals surface area contributed by atoms with Crippen molar-refractivity contribution in [2.24, 2.45) is 5.73 Å². The Balaban J connectivity index is 2.91. The molecule has 0 saturated heterocycles. The summed E-state index contributed by atoms with van der Waals surface area (Å²) in [5.41, 5.74) is 6.20. The molecule has 1 unspecified atom stereocenters. The Morgan fingerprint density at radius 2 is 2.05 bits per heavy atom. The van der Waals surface area contributed by atoms with Crippen LogP contribution >= 0.6 is 0 Å². The SMILES string of the molecule is CCOC(=O)C(N)C(=O)N(CCC#N)c1ccccc1. The lowest BCUT2D eigenvalue weighted by molar-refractivity contribution is -0.147. The Labute approximate surface area is 117 Å². The number of esters is 1. The highest BCUT2D eigenvalue weighted by molar-refractivity contribution is 6.09.